The largest absolute Gasteiger partial charge is 1.00 e. The Labute approximate surface area is 81.4 Å². The molecule has 50 valence electrons. The van der Waals surface area contributed by atoms with Crippen LogP contribution in [0.2, 0.25) is 0 Å². The summed E-state index contributed by atoms with van der Waals surface area (Å²) in [4.78, 5) is 10.2. The van der Waals surface area contributed by atoms with Crippen LogP contribution < -0.4 is 29.6 Å². The van der Waals surface area contributed by atoms with Crippen molar-refractivity contribution in [2.45, 2.75) is 18.9 Å². The quantitative estimate of drug-likeness (QED) is 0.431. The van der Waals surface area contributed by atoms with E-state index in [2.05, 4.69) is 0 Å². The molecule has 0 aromatic carbocycles. The average Bonchev–Trinajstić information content (AvgIpc) is 1.90. The van der Waals surface area contributed by atoms with Gasteiger partial charge in [-0.15, -0.1) is 0 Å². The monoisotopic (exact) mass is 151 g/mol. The number of carboxylic acids is 1. The van der Waals surface area contributed by atoms with Gasteiger partial charge in [0, 0.05) is 0 Å². The van der Waals surface area contributed by atoms with Gasteiger partial charge in [0.1, 0.15) is 0 Å². The van der Waals surface area contributed by atoms with Crippen LogP contribution in [0.1, 0.15) is 12.8 Å². The summed E-state index contributed by atoms with van der Waals surface area (Å²) < 4.78 is 4.76. The van der Waals surface area contributed by atoms with Gasteiger partial charge < -0.3 is 9.84 Å². The van der Waals surface area contributed by atoms with Crippen molar-refractivity contribution in [2.24, 2.45) is 0 Å². The van der Waals surface area contributed by atoms with Crippen LogP contribution in [0.5, 0.6) is 0 Å². The smallest absolute Gasteiger partial charge is 0.487 e. The van der Waals surface area contributed by atoms with E-state index in [9.17, 15) is 4.79 Å². The molecule has 0 aromatic rings. The van der Waals surface area contributed by atoms with E-state index < -0.39 is 12.1 Å². The Balaban J connectivity index is 0.000000810. The second-order valence-corrected chi connectivity index (χ2v) is 1.91. The summed E-state index contributed by atoms with van der Waals surface area (Å²) in [6.45, 7) is 0. The summed E-state index contributed by atoms with van der Waals surface area (Å²) in [6, 6.07) is 0. The van der Waals surface area contributed by atoms with E-state index >= 15 is 0 Å². The average molecular weight is 151 g/mol. The summed E-state index contributed by atoms with van der Waals surface area (Å²) >= 11 is 0. The van der Waals surface area contributed by atoms with Crippen LogP contribution in [0.15, 0.2) is 12.3 Å². The Morgan fingerprint density at radius 1 is 1.70 bits per heavy atom. The predicted octanol–water partition coefficient (Wildman–Crippen LogP) is -2.23. The van der Waals surface area contributed by atoms with Crippen molar-refractivity contribution in [2.75, 3.05) is 0 Å². The molecular weight excluding hydrogens is 143 g/mol. The molecule has 0 aliphatic carbocycles. The van der Waals surface area contributed by atoms with Crippen molar-refractivity contribution in [1.29, 1.82) is 0 Å². The van der Waals surface area contributed by atoms with E-state index in [1.165, 1.54) is 6.26 Å². The fraction of sp³-hybridized carbons (Fsp3) is 0.500. The van der Waals surface area contributed by atoms with Gasteiger partial charge in [0.2, 0.25) is 0 Å². The van der Waals surface area contributed by atoms with Crippen LogP contribution in [0.3, 0.4) is 0 Å². The first-order valence-electron chi connectivity index (χ1n) is 2.84. The molecule has 1 aliphatic rings. The summed E-state index contributed by atoms with van der Waals surface area (Å²) in [6.07, 6.45) is 4.04. The molecule has 1 N–H and O–H groups in total. The molecule has 0 amide bonds. The van der Waals surface area contributed by atoms with Gasteiger partial charge in [0.15, 0.2) is 6.10 Å². The van der Waals surface area contributed by atoms with E-state index in [0.29, 0.717) is 6.42 Å². The van der Waals surface area contributed by atoms with Gasteiger partial charge >= 0.3 is 35.5 Å². The van der Waals surface area contributed by atoms with Gasteiger partial charge in [-0.05, 0) is 18.9 Å². The van der Waals surface area contributed by atoms with Gasteiger partial charge in [-0.1, -0.05) is 0 Å². The molecule has 1 rings (SSSR count). The maximum Gasteiger partial charge on any atom is 1.00 e. The molecule has 1 aliphatic heterocycles. The molecule has 0 aromatic heterocycles. The van der Waals surface area contributed by atoms with Gasteiger partial charge in [-0.25, -0.2) is 4.79 Å². The number of carboxylic acid groups (broad SMARTS) is 1. The molecule has 0 bridgehead atoms. The number of ether oxygens (including phenoxy) is 1. The van der Waals surface area contributed by atoms with Crippen LogP contribution in [-0.4, -0.2) is 17.2 Å². The van der Waals surface area contributed by atoms with Crippen LogP contribution in [-0.2, 0) is 9.53 Å². The number of hydrogen-bond donors (Lipinski definition) is 1. The number of hydrogen-bond acceptors (Lipinski definition) is 2. The number of rotatable bonds is 1. The van der Waals surface area contributed by atoms with Crippen molar-refractivity contribution in [3.8, 4) is 0 Å². The predicted molar refractivity (Wildman–Crippen MR) is 30.9 cm³/mol. The van der Waals surface area contributed by atoms with E-state index in [1.807, 2.05) is 6.08 Å². The molecule has 0 saturated carbocycles. The Bertz CT molecular complexity index is 144. The van der Waals surface area contributed by atoms with Crippen LogP contribution in [0.4, 0.5) is 0 Å². The topological polar surface area (TPSA) is 46.5 Å². The van der Waals surface area contributed by atoms with E-state index in [1.54, 1.807) is 0 Å². The normalized spacial score (nSPS) is 22.6. The maximum absolute atomic E-state index is 10.2. The SMILES string of the molecule is O=C(O)C1CCC=CO1.[Na+]. The Morgan fingerprint density at radius 3 is 2.70 bits per heavy atom. The molecule has 0 radical (unpaired) electrons. The standard InChI is InChI=1S/C6H8O3.Na/c7-6(8)5-3-1-2-4-9-5;/h2,4-5H,1,3H2,(H,7,8);/q;+1. The minimum Gasteiger partial charge on any atom is -0.487 e. The fourth-order valence-electron chi connectivity index (χ4n) is 0.716. The van der Waals surface area contributed by atoms with Gasteiger partial charge in [-0.2, -0.15) is 0 Å². The summed E-state index contributed by atoms with van der Waals surface area (Å²) in [5.41, 5.74) is 0. The summed E-state index contributed by atoms with van der Waals surface area (Å²) in [7, 11) is 0. The van der Waals surface area contributed by atoms with Crippen LogP contribution >= 0.6 is 0 Å². The first kappa shape index (κ1) is 10.0. The molecular formula is C6H8NaO3+. The van der Waals surface area contributed by atoms with E-state index in [4.69, 9.17) is 9.84 Å². The van der Waals surface area contributed by atoms with Crippen molar-refractivity contribution in [1.82, 2.24) is 0 Å². The van der Waals surface area contributed by atoms with Crippen LogP contribution in [0, 0.1) is 0 Å². The van der Waals surface area contributed by atoms with Crippen molar-refractivity contribution in [3.63, 3.8) is 0 Å². The first-order valence-corrected chi connectivity index (χ1v) is 2.84. The van der Waals surface area contributed by atoms with Crippen LogP contribution in [0.25, 0.3) is 0 Å². The number of allylic oxidation sites excluding steroid dienone is 1. The van der Waals surface area contributed by atoms with E-state index in [-0.39, 0.29) is 29.6 Å². The molecule has 0 spiro atoms. The fourth-order valence-corrected chi connectivity index (χ4v) is 0.716. The number of aliphatic carboxylic acids is 1. The third kappa shape index (κ3) is 2.73. The minimum absolute atomic E-state index is 0. The van der Waals surface area contributed by atoms with E-state index in [0.717, 1.165) is 6.42 Å². The minimum atomic E-state index is -0.876. The van der Waals surface area contributed by atoms with Gasteiger partial charge in [0.05, 0.1) is 6.26 Å². The second-order valence-electron chi connectivity index (χ2n) is 1.91. The zero-order valence-electron chi connectivity index (χ0n) is 5.91. The Kier molecular flexibility index (Phi) is 4.77. The third-order valence-corrected chi connectivity index (χ3v) is 1.21. The summed E-state index contributed by atoms with van der Waals surface area (Å²) in [5.74, 6) is -0.876. The van der Waals surface area contributed by atoms with Crippen molar-refractivity contribution in [3.05, 3.63) is 12.3 Å². The van der Waals surface area contributed by atoms with Gasteiger partial charge in [-0.3, -0.25) is 0 Å². The third-order valence-electron chi connectivity index (χ3n) is 1.21. The molecule has 1 unspecified atom stereocenters. The van der Waals surface area contributed by atoms with Crippen molar-refractivity contribution < 1.29 is 44.2 Å². The second kappa shape index (κ2) is 4.77. The molecule has 10 heavy (non-hydrogen) atoms. The Morgan fingerprint density at radius 2 is 2.40 bits per heavy atom. The molecule has 0 saturated heterocycles. The number of carbonyl (C=O) groups is 1. The zero-order valence-corrected chi connectivity index (χ0v) is 7.91. The maximum atomic E-state index is 10.2. The first-order chi connectivity index (χ1) is 4.30. The zero-order chi connectivity index (χ0) is 6.69. The molecule has 4 heteroatoms. The molecule has 3 nitrogen and oxygen atoms in total. The summed E-state index contributed by atoms with van der Waals surface area (Å²) in [5, 5.41) is 8.38. The van der Waals surface area contributed by atoms with Crippen molar-refractivity contribution >= 4 is 5.97 Å². The molecule has 1 atom stereocenters. The Hall–Kier alpha value is 0.0100. The molecule has 0 fully saturated rings. The van der Waals surface area contributed by atoms with Gasteiger partial charge in [0.25, 0.3) is 0 Å². The molecule has 1 heterocycles.